The summed E-state index contributed by atoms with van der Waals surface area (Å²) in [5.41, 5.74) is 0. The van der Waals surface area contributed by atoms with E-state index in [1.54, 1.807) is 0 Å². The summed E-state index contributed by atoms with van der Waals surface area (Å²) in [4.78, 5) is 41.9. The molecule has 4 radical (unpaired) electrons. The van der Waals surface area contributed by atoms with E-state index in [-0.39, 0.29) is 89.5 Å². The second-order valence-electron chi connectivity index (χ2n) is 3.09. The Hall–Kier alpha value is 0.841. The quantitative estimate of drug-likeness (QED) is 0.262. The van der Waals surface area contributed by atoms with Gasteiger partial charge in [0.2, 0.25) is 0 Å². The minimum absolute atomic E-state index is 0. The third-order valence-corrected chi connectivity index (χ3v) is 1.91. The molecule has 0 aromatic carbocycles. The van der Waals surface area contributed by atoms with E-state index in [1.807, 2.05) is 0 Å². The maximum Gasteiger partial charge on any atom is 0.307 e. The molecule has 0 saturated carbocycles. The van der Waals surface area contributed by atoms with E-state index in [2.05, 4.69) is 0 Å². The number of rotatable bonds is 7. The maximum absolute atomic E-state index is 10.6. The van der Waals surface area contributed by atoms with Crippen LogP contribution in [0.5, 0.6) is 0 Å². The van der Waals surface area contributed by atoms with Crippen LogP contribution in [0.25, 0.3) is 0 Å². The maximum atomic E-state index is 10.6. The Morgan fingerprint density at radius 2 is 0.800 bits per heavy atom. The van der Waals surface area contributed by atoms with Crippen molar-refractivity contribution in [1.29, 1.82) is 0 Å². The Balaban J connectivity index is -0.000000187. The van der Waals surface area contributed by atoms with Gasteiger partial charge < -0.3 is 20.4 Å². The molecule has 0 aromatic heterocycles. The predicted molar refractivity (Wildman–Crippen MR) is 46.8 cm³/mol. The molecule has 20 heavy (non-hydrogen) atoms. The van der Waals surface area contributed by atoms with Crippen molar-refractivity contribution in [2.45, 2.75) is 12.8 Å². The molecule has 2 unspecified atom stereocenters. The fourth-order valence-electron chi connectivity index (χ4n) is 1.18. The van der Waals surface area contributed by atoms with Gasteiger partial charge in [-0.25, -0.2) is 0 Å². The van der Waals surface area contributed by atoms with E-state index < -0.39 is 48.6 Å². The third kappa shape index (κ3) is 13.8. The van der Waals surface area contributed by atoms with E-state index in [1.165, 1.54) is 0 Å². The Morgan fingerprint density at radius 1 is 0.600 bits per heavy atom. The minimum Gasteiger partial charge on any atom is -0.481 e. The molecule has 0 aliphatic carbocycles. The van der Waals surface area contributed by atoms with Gasteiger partial charge in [-0.15, -0.1) is 0 Å². The number of hydrogen-bond acceptors (Lipinski definition) is 4. The molecule has 0 aromatic rings. The molecule has 0 spiro atoms. The monoisotopic (exact) mass is 662 g/mol. The van der Waals surface area contributed by atoms with Crippen molar-refractivity contribution < 1.29 is 129 Å². The second-order valence-corrected chi connectivity index (χ2v) is 3.09. The predicted octanol–water partition coefficient (Wildman–Crippen LogP) is -0.673. The normalized spacial score (nSPS) is 11.0. The van der Waals surface area contributed by atoms with Gasteiger partial charge in [0.1, 0.15) is 0 Å². The molecule has 0 fully saturated rings. The summed E-state index contributed by atoms with van der Waals surface area (Å²) in [6, 6.07) is 0. The van der Waals surface area contributed by atoms with Gasteiger partial charge in [-0.3, -0.25) is 19.2 Å². The van der Waals surface area contributed by atoms with Crippen molar-refractivity contribution in [1.82, 2.24) is 0 Å². The van der Waals surface area contributed by atoms with Crippen LogP contribution in [0.1, 0.15) is 12.8 Å². The van der Waals surface area contributed by atoms with Crippen molar-refractivity contribution in [2.75, 3.05) is 0 Å². The van der Waals surface area contributed by atoms with Crippen LogP contribution in [0, 0.1) is 11.8 Å². The molecular formula is C8H10Ag4O8. The molecule has 0 aliphatic heterocycles. The minimum atomic E-state index is -1.76. The van der Waals surface area contributed by atoms with Crippen LogP contribution < -0.4 is 0 Å². The molecule has 0 rings (SSSR count). The molecule has 0 saturated heterocycles. The van der Waals surface area contributed by atoms with Crippen molar-refractivity contribution in [3.63, 3.8) is 0 Å². The van der Waals surface area contributed by atoms with Gasteiger partial charge in [0.25, 0.3) is 0 Å². The number of carboxylic acid groups (broad SMARTS) is 4. The van der Waals surface area contributed by atoms with Crippen molar-refractivity contribution in [2.24, 2.45) is 11.8 Å². The first-order valence-electron chi connectivity index (χ1n) is 4.15. The summed E-state index contributed by atoms with van der Waals surface area (Å²) in [6.45, 7) is 0. The Labute approximate surface area is 176 Å². The number of carbonyl (C=O) groups is 4. The average Bonchev–Trinajstić information content (AvgIpc) is 2.09. The van der Waals surface area contributed by atoms with Gasteiger partial charge in [0.05, 0.1) is 24.7 Å². The summed E-state index contributed by atoms with van der Waals surface area (Å²) in [6.07, 6.45) is -1.86. The Bertz CT molecular complexity index is 302. The zero-order chi connectivity index (χ0) is 12.9. The van der Waals surface area contributed by atoms with Gasteiger partial charge in [-0.2, -0.15) is 0 Å². The molecule has 0 bridgehead atoms. The number of carboxylic acids is 4. The van der Waals surface area contributed by atoms with E-state index in [0.717, 1.165) is 0 Å². The SMILES string of the molecule is O=C(O)CC(C(=O)O)C(CC(=O)O)C(=O)O.[Ag].[Ag].[Ag].[Ag]. The molecule has 12 heteroatoms. The zero-order valence-electron chi connectivity index (χ0n) is 9.20. The molecule has 8 nitrogen and oxygen atoms in total. The van der Waals surface area contributed by atoms with Crippen LogP contribution in [0.4, 0.5) is 0 Å². The molecule has 4 N–H and O–H groups in total. The smallest absolute Gasteiger partial charge is 0.307 e. The van der Waals surface area contributed by atoms with Gasteiger partial charge >= 0.3 is 23.9 Å². The van der Waals surface area contributed by atoms with Crippen LogP contribution in [0.3, 0.4) is 0 Å². The van der Waals surface area contributed by atoms with Gasteiger partial charge in [0.15, 0.2) is 0 Å². The molecule has 0 aliphatic rings. The fraction of sp³-hybridized carbons (Fsp3) is 0.500. The van der Waals surface area contributed by atoms with E-state index in [9.17, 15) is 19.2 Å². The first kappa shape index (κ1) is 32.7. The van der Waals surface area contributed by atoms with Crippen molar-refractivity contribution in [3.8, 4) is 0 Å². The van der Waals surface area contributed by atoms with Gasteiger partial charge in [-0.1, -0.05) is 0 Å². The summed E-state index contributed by atoms with van der Waals surface area (Å²) >= 11 is 0. The molecule has 2 atom stereocenters. The summed E-state index contributed by atoms with van der Waals surface area (Å²) in [5.74, 6) is -9.79. The molecular weight excluding hydrogens is 656 g/mol. The van der Waals surface area contributed by atoms with Crippen LogP contribution >= 0.6 is 0 Å². The van der Waals surface area contributed by atoms with Crippen molar-refractivity contribution in [3.05, 3.63) is 0 Å². The van der Waals surface area contributed by atoms with E-state index in [0.29, 0.717) is 0 Å². The standard InChI is InChI=1S/C8H10O8.4Ag/c9-5(10)1-3(7(13)14)4(8(15)16)2-6(11)12;;;;/h3-4H,1-2H2,(H,9,10)(H,11,12)(H,13,14)(H,15,16);;;;. The largest absolute Gasteiger partial charge is 0.481 e. The summed E-state index contributed by atoms with van der Waals surface area (Å²) < 4.78 is 0. The zero-order valence-corrected chi connectivity index (χ0v) is 15.1. The number of aliphatic carboxylic acids is 4. The fourth-order valence-corrected chi connectivity index (χ4v) is 1.18. The van der Waals surface area contributed by atoms with E-state index in [4.69, 9.17) is 20.4 Å². The van der Waals surface area contributed by atoms with Crippen LogP contribution in [-0.2, 0) is 109 Å². The van der Waals surface area contributed by atoms with Gasteiger partial charge in [0, 0.05) is 89.5 Å². The molecule has 134 valence electrons. The average molecular weight is 666 g/mol. The molecule has 0 heterocycles. The molecule has 0 amide bonds. The van der Waals surface area contributed by atoms with Crippen molar-refractivity contribution >= 4 is 23.9 Å². The number of hydrogen-bond donors (Lipinski definition) is 4. The van der Waals surface area contributed by atoms with Crippen LogP contribution in [0.15, 0.2) is 0 Å². The Morgan fingerprint density at radius 3 is 0.900 bits per heavy atom. The third-order valence-electron chi connectivity index (χ3n) is 1.91. The van der Waals surface area contributed by atoms with Crippen LogP contribution in [0.2, 0.25) is 0 Å². The van der Waals surface area contributed by atoms with Crippen LogP contribution in [-0.4, -0.2) is 44.3 Å². The second kappa shape index (κ2) is 16.2. The first-order valence-corrected chi connectivity index (χ1v) is 4.15. The summed E-state index contributed by atoms with van der Waals surface area (Å²) in [5, 5.41) is 34.1. The summed E-state index contributed by atoms with van der Waals surface area (Å²) in [7, 11) is 0. The van der Waals surface area contributed by atoms with E-state index >= 15 is 0 Å². The topological polar surface area (TPSA) is 149 Å². The van der Waals surface area contributed by atoms with Gasteiger partial charge in [-0.05, 0) is 0 Å². The Kier molecular flexibility index (Phi) is 26.5. The first-order chi connectivity index (χ1) is 7.25.